The summed E-state index contributed by atoms with van der Waals surface area (Å²) < 4.78 is 55.9. The number of hydrogen-bond acceptors (Lipinski definition) is 7. The predicted molar refractivity (Wildman–Crippen MR) is 165 cm³/mol. The lowest BCUT2D eigenvalue weighted by Gasteiger charge is -2.32. The van der Waals surface area contributed by atoms with Gasteiger partial charge in [0.15, 0.2) is 18.2 Å². The predicted octanol–water partition coefficient (Wildman–Crippen LogP) is 6.59. The van der Waals surface area contributed by atoms with Crippen molar-refractivity contribution >= 4 is 19.1 Å². The lowest BCUT2D eigenvalue weighted by atomic mass is 9.77. The SMILES string of the molecule is CC.CC1(C)OB(C2=C[N+]3=NC=NC3C=C2)OC1(C)C.Fc1ccc(-c2ncn(CC(F)F)c2-c2ccn3ncnc3c2)cc1. The van der Waals surface area contributed by atoms with E-state index in [9.17, 15) is 13.2 Å². The van der Waals surface area contributed by atoms with Gasteiger partial charge in [0, 0.05) is 34.0 Å². The number of hydrogen-bond donors (Lipinski definition) is 0. The van der Waals surface area contributed by atoms with E-state index < -0.39 is 13.0 Å². The van der Waals surface area contributed by atoms with Crippen molar-refractivity contribution in [3.8, 4) is 22.5 Å². The van der Waals surface area contributed by atoms with E-state index in [0.29, 0.717) is 28.2 Å². The number of alkyl halides is 2. The minimum absolute atomic E-state index is 0.00354. The van der Waals surface area contributed by atoms with E-state index in [-0.39, 0.29) is 30.3 Å². The summed E-state index contributed by atoms with van der Waals surface area (Å²) in [4.78, 5) is 12.6. The Bertz CT molecular complexity index is 1760. The van der Waals surface area contributed by atoms with Gasteiger partial charge in [-0.15, -0.1) is 0 Å². The minimum Gasteiger partial charge on any atom is -0.399 e. The number of aliphatic imine (C=N–C) groups is 1. The summed E-state index contributed by atoms with van der Waals surface area (Å²) >= 11 is 0. The van der Waals surface area contributed by atoms with Gasteiger partial charge in [0.1, 0.15) is 12.1 Å². The molecule has 0 bridgehead atoms. The molecule has 0 saturated carbocycles. The van der Waals surface area contributed by atoms with Crippen molar-refractivity contribution in [2.24, 2.45) is 10.1 Å². The molecule has 0 amide bonds. The van der Waals surface area contributed by atoms with Crippen LogP contribution in [0, 0.1) is 5.82 Å². The summed E-state index contributed by atoms with van der Waals surface area (Å²) in [5.41, 5.74) is 3.28. The van der Waals surface area contributed by atoms with Crippen LogP contribution >= 0.6 is 0 Å². The molecule has 3 aliphatic heterocycles. The number of imidazole rings is 1. The Morgan fingerprint density at radius 1 is 1.00 bits per heavy atom. The Balaban J connectivity index is 0.000000177. The summed E-state index contributed by atoms with van der Waals surface area (Å²) in [6.07, 6.45) is 9.45. The van der Waals surface area contributed by atoms with Crippen LogP contribution in [0.15, 0.2) is 89.2 Å². The Labute approximate surface area is 259 Å². The monoisotopic (exact) mass is 619 g/mol. The summed E-state index contributed by atoms with van der Waals surface area (Å²) in [5.74, 6) is -0.373. The molecule has 1 atom stereocenters. The van der Waals surface area contributed by atoms with Gasteiger partial charge in [-0.05, 0) is 64.1 Å². The van der Waals surface area contributed by atoms with Crippen LogP contribution in [0.2, 0.25) is 0 Å². The maximum absolute atomic E-state index is 13.2. The lowest BCUT2D eigenvalue weighted by Crippen LogP contribution is -2.41. The zero-order chi connectivity index (χ0) is 32.4. The van der Waals surface area contributed by atoms with Crippen molar-refractivity contribution in [3.63, 3.8) is 0 Å². The van der Waals surface area contributed by atoms with Gasteiger partial charge in [-0.25, -0.2) is 27.7 Å². The molecular weight excluding hydrogens is 584 g/mol. The second-order valence-electron chi connectivity index (χ2n) is 11.2. The summed E-state index contributed by atoms with van der Waals surface area (Å²) in [7, 11) is -0.344. The lowest BCUT2D eigenvalue weighted by molar-refractivity contribution is -0.542. The first-order chi connectivity index (χ1) is 21.5. The Morgan fingerprint density at radius 3 is 2.40 bits per heavy atom. The van der Waals surface area contributed by atoms with Gasteiger partial charge in [0.05, 0.1) is 35.5 Å². The third-order valence-corrected chi connectivity index (χ3v) is 7.79. The molecule has 3 aromatic heterocycles. The fourth-order valence-corrected chi connectivity index (χ4v) is 4.81. The van der Waals surface area contributed by atoms with Crippen LogP contribution in [0.1, 0.15) is 41.5 Å². The zero-order valence-corrected chi connectivity index (χ0v) is 26.0. The van der Waals surface area contributed by atoms with E-state index in [1.54, 1.807) is 46.0 Å². The number of aromatic nitrogens is 5. The van der Waals surface area contributed by atoms with Crippen LogP contribution < -0.4 is 0 Å². The molecule has 234 valence electrons. The van der Waals surface area contributed by atoms with Gasteiger partial charge >= 0.3 is 7.12 Å². The van der Waals surface area contributed by atoms with Crippen molar-refractivity contribution in [1.82, 2.24) is 24.1 Å². The quantitative estimate of drug-likeness (QED) is 0.186. The fourth-order valence-electron chi connectivity index (χ4n) is 4.81. The number of allylic oxidation sites excluding steroid dienone is 2. The molecule has 45 heavy (non-hydrogen) atoms. The van der Waals surface area contributed by atoms with Crippen molar-refractivity contribution in [3.05, 3.63) is 84.9 Å². The average Bonchev–Trinajstić information content (AvgIpc) is 3.80. The highest BCUT2D eigenvalue weighted by Gasteiger charge is 2.53. The topological polar surface area (TPSA) is 94.2 Å². The van der Waals surface area contributed by atoms with Crippen LogP contribution in [-0.2, 0) is 15.9 Å². The number of halogens is 3. The van der Waals surface area contributed by atoms with Crippen molar-refractivity contribution in [2.75, 3.05) is 0 Å². The molecule has 1 unspecified atom stereocenters. The van der Waals surface area contributed by atoms with E-state index in [1.165, 1.54) is 29.4 Å². The van der Waals surface area contributed by atoms with E-state index in [1.807, 2.05) is 59.9 Å². The maximum atomic E-state index is 13.2. The third kappa shape index (κ3) is 6.66. The number of pyridine rings is 1. The standard InChI is InChI=1S/C17H12F3N5.C12H17BN3O2.C2H6/c18-13-3-1-11(2-4-13)16-17(24(10-22-16)8-14(19)20)12-5-6-25-15(7-12)21-9-23-25;1-11(2)12(3,4)18-13(17-11)9-5-6-10-14-8-15-16(10)7-9;1-2/h1-7,9-10,14H,8H2;5-8,10H,1-4H3;1-2H3/q;+1;. The molecule has 1 aromatic carbocycles. The van der Waals surface area contributed by atoms with Gasteiger partial charge in [0.25, 0.3) is 12.6 Å². The van der Waals surface area contributed by atoms with Gasteiger partial charge in [-0.1, -0.05) is 24.6 Å². The van der Waals surface area contributed by atoms with Crippen LogP contribution in [0.3, 0.4) is 0 Å². The van der Waals surface area contributed by atoms with Crippen LogP contribution in [0.25, 0.3) is 28.2 Å². The van der Waals surface area contributed by atoms with Crippen LogP contribution in [0.5, 0.6) is 0 Å². The minimum atomic E-state index is -2.52. The van der Waals surface area contributed by atoms with Crippen LogP contribution in [-0.4, -0.2) is 66.1 Å². The normalized spacial score (nSPS) is 19.1. The van der Waals surface area contributed by atoms with Crippen molar-refractivity contribution < 1.29 is 27.2 Å². The smallest absolute Gasteiger partial charge is 0.399 e. The Kier molecular flexibility index (Phi) is 9.17. The summed E-state index contributed by atoms with van der Waals surface area (Å²) in [6, 6.07) is 9.28. The fraction of sp³-hybridized carbons (Fsp3) is 0.355. The molecule has 3 aliphatic rings. The molecule has 10 nitrogen and oxygen atoms in total. The highest BCUT2D eigenvalue weighted by atomic mass is 19.3. The van der Waals surface area contributed by atoms with E-state index in [0.717, 1.165) is 5.47 Å². The second-order valence-corrected chi connectivity index (χ2v) is 11.2. The molecule has 1 fully saturated rings. The number of rotatable bonds is 5. The maximum Gasteiger partial charge on any atom is 0.501 e. The van der Waals surface area contributed by atoms with Crippen molar-refractivity contribution in [1.29, 1.82) is 0 Å². The number of fused-ring (bicyclic) bond motifs is 2. The molecular formula is C31H35BF3N8O2+. The Morgan fingerprint density at radius 2 is 1.71 bits per heavy atom. The molecule has 14 heteroatoms. The first-order valence-electron chi connectivity index (χ1n) is 14.7. The molecule has 0 aliphatic carbocycles. The Hall–Kier alpha value is -4.43. The van der Waals surface area contributed by atoms with Crippen molar-refractivity contribution in [2.45, 2.75) is 71.9 Å². The largest absolute Gasteiger partial charge is 0.501 e. The van der Waals surface area contributed by atoms with Gasteiger partial charge in [-0.2, -0.15) is 10.1 Å². The number of nitrogens with zero attached hydrogens (tertiary/aromatic N) is 8. The highest BCUT2D eigenvalue weighted by Crippen LogP contribution is 2.39. The molecule has 7 rings (SSSR count). The molecule has 1 saturated heterocycles. The van der Waals surface area contributed by atoms with Gasteiger partial charge in [-0.3, -0.25) is 0 Å². The molecule has 0 radical (unpaired) electrons. The molecule has 4 aromatic rings. The first kappa shape index (κ1) is 32.0. The third-order valence-electron chi connectivity index (χ3n) is 7.79. The number of benzene rings is 1. The zero-order valence-electron chi connectivity index (χ0n) is 26.0. The van der Waals surface area contributed by atoms with E-state index in [2.05, 4.69) is 25.2 Å². The van der Waals surface area contributed by atoms with Gasteiger partial charge in [0.2, 0.25) is 0 Å². The molecule has 6 heterocycles. The molecule has 0 N–H and O–H groups in total. The average molecular weight is 619 g/mol. The number of azo groups is 2. The highest BCUT2D eigenvalue weighted by molar-refractivity contribution is 6.55. The first-order valence-corrected chi connectivity index (χ1v) is 14.7. The van der Waals surface area contributed by atoms with Crippen LogP contribution in [0.4, 0.5) is 13.2 Å². The second kappa shape index (κ2) is 12.9. The van der Waals surface area contributed by atoms with E-state index >= 15 is 0 Å². The summed E-state index contributed by atoms with van der Waals surface area (Å²) in [5, 5.41) is 8.18. The molecule has 0 spiro atoms. The van der Waals surface area contributed by atoms with Gasteiger partial charge < -0.3 is 13.9 Å². The van der Waals surface area contributed by atoms with E-state index in [4.69, 9.17) is 9.31 Å². The summed E-state index contributed by atoms with van der Waals surface area (Å²) in [6.45, 7) is 11.7.